The Morgan fingerprint density at radius 2 is 1.00 bits per heavy atom. The van der Waals surface area contributed by atoms with Gasteiger partial charge < -0.3 is 15.1 Å². The van der Waals surface area contributed by atoms with Gasteiger partial charge in [-0.2, -0.15) is 0 Å². The summed E-state index contributed by atoms with van der Waals surface area (Å²) in [7, 11) is -2.17. The van der Waals surface area contributed by atoms with Crippen molar-refractivity contribution in [1.82, 2.24) is 0 Å². The predicted octanol–water partition coefficient (Wildman–Crippen LogP) is -3.24. The van der Waals surface area contributed by atoms with Crippen LogP contribution in [-0.2, 0) is 0 Å². The summed E-state index contributed by atoms with van der Waals surface area (Å²) in [6.07, 6.45) is 0. The van der Waals surface area contributed by atoms with Gasteiger partial charge in [0, 0.05) is 39.9 Å². The van der Waals surface area contributed by atoms with Crippen LogP contribution in [0.2, 0.25) is 0 Å². The van der Waals surface area contributed by atoms with Gasteiger partial charge in [-0.05, 0) is 0 Å². The van der Waals surface area contributed by atoms with Gasteiger partial charge in [0.1, 0.15) is 0 Å². The zero-order valence-corrected chi connectivity index (χ0v) is 4.54. The molecule has 0 aromatic rings. The Bertz CT molecular complexity index is 15.5. The summed E-state index contributed by atoms with van der Waals surface area (Å²) < 4.78 is 0. The number of hydrogen-bond acceptors (Lipinski definition) is 3. The Balaban J connectivity index is -0.0000000450. The molecule has 0 saturated heterocycles. The van der Waals surface area contributed by atoms with Crippen molar-refractivity contribution in [3.8, 4) is 0 Å². The third kappa shape index (κ3) is 41.2. The standard InChI is InChI=1S/Al.BH3O3.Gd.3H/c;2-1(3)4;;;;/h;2-4H;;;;. The average molecular weight is 249 g/mol. The smallest absolute Gasteiger partial charge is 0.402 e. The van der Waals surface area contributed by atoms with E-state index in [2.05, 4.69) is 0 Å². The first kappa shape index (κ1) is 15.7. The fourth-order valence-corrected chi connectivity index (χ4v) is 0. The first-order valence-corrected chi connectivity index (χ1v) is 0.775. The fraction of sp³-hybridized carbons (Fsp3) is 0. The van der Waals surface area contributed by atoms with Crippen molar-refractivity contribution in [2.24, 2.45) is 0 Å². The van der Waals surface area contributed by atoms with Gasteiger partial charge in [0.15, 0.2) is 17.4 Å². The maximum Gasteiger partial charge on any atom is 0.631 e. The van der Waals surface area contributed by atoms with Gasteiger partial charge in [0.2, 0.25) is 0 Å². The molecule has 0 aliphatic heterocycles. The van der Waals surface area contributed by atoms with Crippen molar-refractivity contribution in [1.29, 1.82) is 0 Å². The van der Waals surface area contributed by atoms with E-state index in [1.54, 1.807) is 0 Å². The Kier molecular flexibility index (Phi) is 25.9. The van der Waals surface area contributed by atoms with Gasteiger partial charge in [0.25, 0.3) is 0 Å². The van der Waals surface area contributed by atoms with E-state index in [4.69, 9.17) is 15.1 Å². The molecule has 0 bridgehead atoms. The van der Waals surface area contributed by atoms with Gasteiger partial charge >= 0.3 is 7.32 Å². The molecule has 3 nitrogen and oxygen atoms in total. The second kappa shape index (κ2) is 9.93. The monoisotopic (exact) mass is 250 g/mol. The number of hydrogen-bond donors (Lipinski definition) is 3. The topological polar surface area (TPSA) is 60.7 Å². The summed E-state index contributed by atoms with van der Waals surface area (Å²) in [5.74, 6) is 0. The minimum absolute atomic E-state index is 0. The van der Waals surface area contributed by atoms with Crippen molar-refractivity contribution >= 4 is 24.7 Å². The van der Waals surface area contributed by atoms with Crippen LogP contribution in [0.1, 0.15) is 0 Å². The molecule has 0 amide bonds. The van der Waals surface area contributed by atoms with Crippen LogP contribution in [0.15, 0.2) is 0 Å². The van der Waals surface area contributed by atoms with E-state index < -0.39 is 7.32 Å². The van der Waals surface area contributed by atoms with Crippen molar-refractivity contribution in [2.75, 3.05) is 0 Å². The zero-order chi connectivity index (χ0) is 3.58. The van der Waals surface area contributed by atoms with Crippen molar-refractivity contribution in [2.45, 2.75) is 0 Å². The third-order valence-corrected chi connectivity index (χ3v) is 0. The van der Waals surface area contributed by atoms with E-state index in [9.17, 15) is 0 Å². The molecule has 6 heavy (non-hydrogen) atoms. The van der Waals surface area contributed by atoms with Crippen molar-refractivity contribution in [3.05, 3.63) is 0 Å². The van der Waals surface area contributed by atoms with E-state index in [0.717, 1.165) is 0 Å². The van der Waals surface area contributed by atoms with Crippen LogP contribution in [0.25, 0.3) is 0 Å². The van der Waals surface area contributed by atoms with E-state index in [1.807, 2.05) is 0 Å². The van der Waals surface area contributed by atoms with Gasteiger partial charge in [0.05, 0.1) is 0 Å². The molecule has 38 valence electrons. The minimum atomic E-state index is -2.17. The largest absolute Gasteiger partial charge is 0.631 e. The molecule has 6 heteroatoms. The molecular weight excluding hydrogens is 243 g/mol. The minimum Gasteiger partial charge on any atom is -0.402 e. The molecule has 0 heterocycles. The second-order valence-corrected chi connectivity index (χ2v) is 0.346. The summed E-state index contributed by atoms with van der Waals surface area (Å²) in [6, 6.07) is 0. The summed E-state index contributed by atoms with van der Waals surface area (Å²) >= 11 is 0. The first-order chi connectivity index (χ1) is 1.73. The van der Waals surface area contributed by atoms with E-state index >= 15 is 0 Å². The van der Waals surface area contributed by atoms with Gasteiger partial charge in [-0.25, -0.2) is 0 Å². The average Bonchev–Trinajstić information content (AvgIpc) is 0.811. The molecule has 0 fully saturated rings. The summed E-state index contributed by atoms with van der Waals surface area (Å²) in [5, 5.41) is 21.5. The fourth-order valence-electron chi connectivity index (χ4n) is 0. The molecule has 0 aliphatic carbocycles. The molecular formula is H6AlBGdO3. The van der Waals surface area contributed by atoms with Crippen LogP contribution in [-0.4, -0.2) is 39.8 Å². The first-order valence-electron chi connectivity index (χ1n) is 0.775. The molecule has 0 spiro atoms. The third-order valence-electron chi connectivity index (χ3n) is 0. The molecule has 0 atom stereocenters. The zero-order valence-electron chi connectivity index (χ0n) is 2.27. The maximum atomic E-state index is 7.17. The Hall–Kier alpha value is 1.80. The molecule has 0 radical (unpaired) electrons. The van der Waals surface area contributed by atoms with Crippen molar-refractivity contribution in [3.63, 3.8) is 0 Å². The molecule has 0 aromatic heterocycles. The predicted molar refractivity (Wildman–Crippen MR) is 22.3 cm³/mol. The normalized spacial score (nSPS) is 4.50. The Labute approximate surface area is 78.7 Å². The van der Waals surface area contributed by atoms with E-state index in [1.165, 1.54) is 0 Å². The summed E-state index contributed by atoms with van der Waals surface area (Å²) in [6.45, 7) is 0. The molecule has 0 rings (SSSR count). The van der Waals surface area contributed by atoms with Crippen LogP contribution >= 0.6 is 0 Å². The van der Waals surface area contributed by atoms with Gasteiger partial charge in [-0.15, -0.1) is 0 Å². The van der Waals surface area contributed by atoms with Crippen LogP contribution in [0.3, 0.4) is 0 Å². The van der Waals surface area contributed by atoms with Crippen LogP contribution in [0.4, 0.5) is 0 Å². The van der Waals surface area contributed by atoms with Gasteiger partial charge in [-0.3, -0.25) is 0 Å². The van der Waals surface area contributed by atoms with Crippen molar-refractivity contribution < 1.29 is 55.0 Å². The maximum absolute atomic E-state index is 7.17. The number of rotatable bonds is 0. The molecule has 0 saturated carbocycles. The SMILES string of the molecule is OB(O)O.[AlH3].[Gd]. The molecule has 0 aromatic carbocycles. The quantitative estimate of drug-likeness (QED) is 0.395. The summed E-state index contributed by atoms with van der Waals surface area (Å²) in [5.41, 5.74) is 0. The van der Waals surface area contributed by atoms with Crippen LogP contribution in [0, 0.1) is 39.9 Å². The van der Waals surface area contributed by atoms with E-state index in [0.29, 0.717) is 0 Å². The second-order valence-electron chi connectivity index (χ2n) is 0.346. The Morgan fingerprint density at radius 1 is 1.00 bits per heavy atom. The van der Waals surface area contributed by atoms with E-state index in [-0.39, 0.29) is 57.3 Å². The van der Waals surface area contributed by atoms with Gasteiger partial charge in [-0.1, -0.05) is 0 Å². The summed E-state index contributed by atoms with van der Waals surface area (Å²) in [4.78, 5) is 0. The van der Waals surface area contributed by atoms with Crippen LogP contribution < -0.4 is 0 Å². The Morgan fingerprint density at radius 3 is 1.00 bits per heavy atom. The molecule has 3 N–H and O–H groups in total. The molecule has 0 unspecified atom stereocenters. The molecule has 0 aliphatic rings. The van der Waals surface area contributed by atoms with Crippen LogP contribution in [0.5, 0.6) is 0 Å².